The monoisotopic (exact) mass is 272 g/mol. The number of benzene rings is 2. The smallest absolute Gasteiger partial charge is 0.244 e. The molecule has 0 saturated carbocycles. The minimum atomic E-state index is -0.457. The van der Waals surface area contributed by atoms with Crippen LogP contribution in [0.5, 0.6) is 0 Å². The molecular formula is C15H13FN2O2. The van der Waals surface area contributed by atoms with Crippen molar-refractivity contribution in [1.29, 1.82) is 0 Å². The van der Waals surface area contributed by atoms with Crippen LogP contribution < -0.4 is 10.2 Å². The molecule has 0 spiro atoms. The Hall–Kier alpha value is -2.40. The van der Waals surface area contributed by atoms with E-state index in [-0.39, 0.29) is 24.7 Å². The van der Waals surface area contributed by atoms with Crippen LogP contribution in [-0.2, 0) is 11.4 Å². The molecule has 2 N–H and O–H groups in total. The molecule has 1 heterocycles. The van der Waals surface area contributed by atoms with Crippen molar-refractivity contribution in [3.8, 4) is 0 Å². The zero-order valence-corrected chi connectivity index (χ0v) is 10.6. The van der Waals surface area contributed by atoms with Gasteiger partial charge in [-0.3, -0.25) is 4.79 Å². The van der Waals surface area contributed by atoms with Crippen molar-refractivity contribution >= 4 is 23.0 Å². The highest BCUT2D eigenvalue weighted by molar-refractivity contribution is 6.03. The molecule has 2 aromatic carbocycles. The summed E-state index contributed by atoms with van der Waals surface area (Å²) in [4.78, 5) is 13.4. The van der Waals surface area contributed by atoms with E-state index in [1.54, 1.807) is 29.2 Å². The van der Waals surface area contributed by atoms with E-state index >= 15 is 0 Å². The minimum absolute atomic E-state index is 0.0188. The Bertz CT molecular complexity index is 673. The Morgan fingerprint density at radius 1 is 1.20 bits per heavy atom. The fourth-order valence-corrected chi connectivity index (χ4v) is 2.42. The number of nitrogens with zero attached hydrogens (tertiary/aromatic N) is 1. The molecule has 0 bridgehead atoms. The fraction of sp³-hybridized carbons (Fsp3) is 0.133. The Morgan fingerprint density at radius 3 is 2.80 bits per heavy atom. The van der Waals surface area contributed by atoms with E-state index in [2.05, 4.69) is 5.32 Å². The van der Waals surface area contributed by atoms with Crippen molar-refractivity contribution in [3.05, 3.63) is 53.8 Å². The molecule has 0 unspecified atom stereocenters. The predicted molar refractivity (Wildman–Crippen MR) is 74.4 cm³/mol. The molecule has 0 aromatic heterocycles. The number of aliphatic hydroxyl groups is 1. The highest BCUT2D eigenvalue weighted by Crippen LogP contribution is 2.37. The van der Waals surface area contributed by atoms with Gasteiger partial charge in [0.25, 0.3) is 0 Å². The predicted octanol–water partition coefficient (Wildman–Crippen LogP) is 2.41. The number of carbonyl (C=O) groups excluding carboxylic acids is 1. The topological polar surface area (TPSA) is 52.6 Å². The van der Waals surface area contributed by atoms with Gasteiger partial charge in [-0.2, -0.15) is 0 Å². The lowest BCUT2D eigenvalue weighted by atomic mass is 10.1. The lowest BCUT2D eigenvalue weighted by molar-refractivity contribution is -0.115. The quantitative estimate of drug-likeness (QED) is 0.882. The molecule has 1 amide bonds. The van der Waals surface area contributed by atoms with Gasteiger partial charge in [0.15, 0.2) is 0 Å². The van der Waals surface area contributed by atoms with Crippen molar-refractivity contribution in [2.45, 2.75) is 6.61 Å². The molecule has 102 valence electrons. The van der Waals surface area contributed by atoms with Crippen molar-refractivity contribution in [3.63, 3.8) is 0 Å². The van der Waals surface area contributed by atoms with E-state index < -0.39 is 5.82 Å². The lowest BCUT2D eigenvalue weighted by Crippen LogP contribution is -2.36. The zero-order valence-electron chi connectivity index (χ0n) is 10.6. The number of fused-ring (bicyclic) bond motifs is 1. The molecular weight excluding hydrogens is 259 g/mol. The van der Waals surface area contributed by atoms with Gasteiger partial charge in [-0.15, -0.1) is 0 Å². The molecule has 1 aliphatic heterocycles. The van der Waals surface area contributed by atoms with Crippen LogP contribution in [0.25, 0.3) is 0 Å². The van der Waals surface area contributed by atoms with E-state index in [1.807, 2.05) is 12.1 Å². The highest BCUT2D eigenvalue weighted by atomic mass is 19.1. The summed E-state index contributed by atoms with van der Waals surface area (Å²) in [5.74, 6) is -0.670. The third-order valence-electron chi connectivity index (χ3n) is 3.28. The van der Waals surface area contributed by atoms with Crippen LogP contribution in [0.2, 0.25) is 0 Å². The summed E-state index contributed by atoms with van der Waals surface area (Å²) >= 11 is 0. The Balaban J connectivity index is 2.18. The van der Waals surface area contributed by atoms with Crippen molar-refractivity contribution in [1.82, 2.24) is 0 Å². The van der Waals surface area contributed by atoms with Gasteiger partial charge in [0.2, 0.25) is 5.91 Å². The van der Waals surface area contributed by atoms with Crippen LogP contribution >= 0.6 is 0 Å². The Morgan fingerprint density at radius 2 is 2.00 bits per heavy atom. The van der Waals surface area contributed by atoms with Crippen LogP contribution in [0.3, 0.4) is 0 Å². The van der Waals surface area contributed by atoms with Crippen LogP contribution in [0.4, 0.5) is 21.5 Å². The molecule has 0 radical (unpaired) electrons. The Kier molecular flexibility index (Phi) is 3.12. The second-order valence-corrected chi connectivity index (χ2v) is 4.56. The molecule has 4 nitrogen and oxygen atoms in total. The first-order valence-electron chi connectivity index (χ1n) is 6.25. The summed E-state index contributed by atoms with van der Waals surface area (Å²) in [5, 5.41) is 12.1. The second-order valence-electron chi connectivity index (χ2n) is 4.56. The first kappa shape index (κ1) is 12.6. The van der Waals surface area contributed by atoms with Crippen LogP contribution in [0.15, 0.2) is 42.5 Å². The van der Waals surface area contributed by atoms with Crippen molar-refractivity contribution < 1.29 is 14.3 Å². The van der Waals surface area contributed by atoms with Gasteiger partial charge in [-0.1, -0.05) is 24.3 Å². The largest absolute Gasteiger partial charge is 0.392 e. The van der Waals surface area contributed by atoms with Gasteiger partial charge in [-0.05, 0) is 18.2 Å². The number of carbonyl (C=O) groups is 1. The van der Waals surface area contributed by atoms with E-state index in [9.17, 15) is 14.3 Å². The number of hydrogen-bond donors (Lipinski definition) is 2. The van der Waals surface area contributed by atoms with Gasteiger partial charge >= 0.3 is 0 Å². The summed E-state index contributed by atoms with van der Waals surface area (Å²) in [6, 6.07) is 11.7. The summed E-state index contributed by atoms with van der Waals surface area (Å²) in [5.41, 5.74) is 2.05. The van der Waals surface area contributed by atoms with Crippen molar-refractivity contribution in [2.24, 2.45) is 0 Å². The van der Waals surface area contributed by atoms with E-state index in [4.69, 9.17) is 0 Å². The van der Waals surface area contributed by atoms with E-state index in [0.717, 1.165) is 0 Å². The normalized spacial score (nSPS) is 13.9. The van der Waals surface area contributed by atoms with Crippen LogP contribution in [0.1, 0.15) is 5.56 Å². The minimum Gasteiger partial charge on any atom is -0.392 e. The standard InChI is InChI=1S/C15H13FN2O2/c16-11-5-3-4-10(9-19)15(11)18-8-14(20)17-12-6-1-2-7-13(12)18/h1-7,19H,8-9H2,(H,17,20). The van der Waals surface area contributed by atoms with Gasteiger partial charge in [0, 0.05) is 5.56 Å². The number of aliphatic hydroxyl groups excluding tert-OH is 1. The molecule has 5 heteroatoms. The summed E-state index contributed by atoms with van der Waals surface area (Å²) < 4.78 is 14.2. The number of amides is 1. The molecule has 0 aliphatic carbocycles. The van der Waals surface area contributed by atoms with Gasteiger partial charge < -0.3 is 15.3 Å². The number of nitrogens with one attached hydrogen (secondary N) is 1. The number of anilines is 3. The second kappa shape index (κ2) is 4.94. The maximum atomic E-state index is 14.2. The highest BCUT2D eigenvalue weighted by Gasteiger charge is 2.26. The molecule has 20 heavy (non-hydrogen) atoms. The number of hydrogen-bond acceptors (Lipinski definition) is 3. The number of rotatable bonds is 2. The molecule has 2 aromatic rings. The van der Waals surface area contributed by atoms with E-state index in [1.165, 1.54) is 6.07 Å². The molecule has 3 rings (SSSR count). The van der Waals surface area contributed by atoms with Crippen LogP contribution in [0, 0.1) is 5.82 Å². The molecule has 0 saturated heterocycles. The van der Waals surface area contributed by atoms with Gasteiger partial charge in [0.05, 0.1) is 23.7 Å². The van der Waals surface area contributed by atoms with Crippen molar-refractivity contribution in [2.75, 3.05) is 16.8 Å². The first-order chi connectivity index (χ1) is 9.70. The van der Waals surface area contributed by atoms with Gasteiger partial charge in [-0.25, -0.2) is 4.39 Å². The first-order valence-corrected chi connectivity index (χ1v) is 6.25. The fourth-order valence-electron chi connectivity index (χ4n) is 2.42. The average Bonchev–Trinajstić information content (AvgIpc) is 2.46. The summed E-state index contributed by atoms with van der Waals surface area (Å²) in [6.45, 7) is -0.266. The zero-order chi connectivity index (χ0) is 14.1. The lowest BCUT2D eigenvalue weighted by Gasteiger charge is -2.32. The molecule has 1 aliphatic rings. The van der Waals surface area contributed by atoms with E-state index in [0.29, 0.717) is 16.9 Å². The van der Waals surface area contributed by atoms with Gasteiger partial charge in [0.1, 0.15) is 12.4 Å². The third-order valence-corrected chi connectivity index (χ3v) is 3.28. The number of halogens is 1. The maximum absolute atomic E-state index is 14.2. The van der Waals surface area contributed by atoms with Crippen LogP contribution in [-0.4, -0.2) is 17.6 Å². The Labute approximate surface area is 115 Å². The SMILES string of the molecule is O=C1CN(c2c(F)cccc2CO)c2ccccc2N1. The summed E-state index contributed by atoms with van der Waals surface area (Å²) in [6.07, 6.45) is 0. The third kappa shape index (κ3) is 2.02. The molecule has 0 atom stereocenters. The number of para-hydroxylation sites is 3. The maximum Gasteiger partial charge on any atom is 0.244 e. The molecule has 0 fully saturated rings. The summed E-state index contributed by atoms with van der Waals surface area (Å²) in [7, 11) is 0. The average molecular weight is 272 g/mol.